The number of rotatable bonds is 3. The SMILES string of the molecule is Cc1ccc(Br)cc1NCc1nncn1C. The van der Waals surface area contributed by atoms with Crippen LogP contribution >= 0.6 is 15.9 Å². The van der Waals surface area contributed by atoms with Gasteiger partial charge in [0.25, 0.3) is 0 Å². The minimum atomic E-state index is 0.674. The van der Waals surface area contributed by atoms with Gasteiger partial charge < -0.3 is 9.88 Å². The molecule has 0 fully saturated rings. The Morgan fingerprint density at radius 2 is 2.25 bits per heavy atom. The van der Waals surface area contributed by atoms with Crippen LogP contribution in [-0.2, 0) is 13.6 Å². The lowest BCUT2D eigenvalue weighted by molar-refractivity contribution is 0.812. The molecule has 0 radical (unpaired) electrons. The third-order valence-electron chi connectivity index (χ3n) is 2.44. The Morgan fingerprint density at radius 3 is 2.94 bits per heavy atom. The zero-order chi connectivity index (χ0) is 11.5. The van der Waals surface area contributed by atoms with Crippen molar-refractivity contribution in [2.45, 2.75) is 13.5 Å². The minimum absolute atomic E-state index is 0.674. The molecule has 16 heavy (non-hydrogen) atoms. The molecular weight excluding hydrogens is 268 g/mol. The van der Waals surface area contributed by atoms with Gasteiger partial charge in [-0.1, -0.05) is 22.0 Å². The number of halogens is 1. The number of hydrogen-bond donors (Lipinski definition) is 1. The third kappa shape index (κ3) is 2.41. The van der Waals surface area contributed by atoms with Crippen LogP contribution in [0.4, 0.5) is 5.69 Å². The molecule has 0 bridgehead atoms. The van der Waals surface area contributed by atoms with E-state index in [4.69, 9.17) is 0 Å². The second-order valence-corrected chi connectivity index (χ2v) is 4.59. The number of nitrogens with one attached hydrogen (secondary N) is 1. The lowest BCUT2D eigenvalue weighted by Gasteiger charge is -2.09. The summed E-state index contributed by atoms with van der Waals surface area (Å²) in [4.78, 5) is 0. The third-order valence-corrected chi connectivity index (χ3v) is 2.93. The first-order valence-electron chi connectivity index (χ1n) is 4.99. The number of aryl methyl sites for hydroxylation is 2. The van der Waals surface area contributed by atoms with Gasteiger partial charge in [0.15, 0.2) is 5.82 Å². The molecule has 4 nitrogen and oxygen atoms in total. The summed E-state index contributed by atoms with van der Waals surface area (Å²) in [5, 5.41) is 11.2. The van der Waals surface area contributed by atoms with E-state index in [0.29, 0.717) is 6.54 Å². The first-order valence-corrected chi connectivity index (χ1v) is 5.79. The van der Waals surface area contributed by atoms with Crippen molar-refractivity contribution in [3.05, 3.63) is 40.4 Å². The van der Waals surface area contributed by atoms with Crippen molar-refractivity contribution in [1.29, 1.82) is 0 Å². The van der Waals surface area contributed by atoms with E-state index < -0.39 is 0 Å². The Labute approximate surface area is 103 Å². The molecule has 1 aromatic carbocycles. The van der Waals surface area contributed by atoms with Crippen LogP contribution < -0.4 is 5.32 Å². The van der Waals surface area contributed by atoms with E-state index in [-0.39, 0.29) is 0 Å². The van der Waals surface area contributed by atoms with Gasteiger partial charge in [-0.25, -0.2) is 0 Å². The van der Waals surface area contributed by atoms with Crippen LogP contribution in [0.15, 0.2) is 29.0 Å². The van der Waals surface area contributed by atoms with Gasteiger partial charge in [0.2, 0.25) is 0 Å². The summed E-state index contributed by atoms with van der Waals surface area (Å²) < 4.78 is 2.97. The summed E-state index contributed by atoms with van der Waals surface area (Å²) in [5.41, 5.74) is 2.32. The minimum Gasteiger partial charge on any atom is -0.377 e. The zero-order valence-electron chi connectivity index (χ0n) is 9.24. The molecule has 1 aromatic heterocycles. The molecule has 0 saturated carbocycles. The Hall–Kier alpha value is -1.36. The Balaban J connectivity index is 2.10. The van der Waals surface area contributed by atoms with Crippen molar-refractivity contribution >= 4 is 21.6 Å². The molecule has 0 saturated heterocycles. The van der Waals surface area contributed by atoms with Crippen LogP contribution in [0.2, 0.25) is 0 Å². The predicted molar refractivity (Wildman–Crippen MR) is 67.2 cm³/mol. The van der Waals surface area contributed by atoms with E-state index in [1.54, 1.807) is 6.33 Å². The van der Waals surface area contributed by atoms with Crippen molar-refractivity contribution in [2.75, 3.05) is 5.32 Å². The van der Waals surface area contributed by atoms with Crippen molar-refractivity contribution < 1.29 is 0 Å². The highest BCUT2D eigenvalue weighted by Gasteiger charge is 2.02. The summed E-state index contributed by atoms with van der Waals surface area (Å²) in [7, 11) is 1.94. The molecule has 0 aliphatic rings. The van der Waals surface area contributed by atoms with Gasteiger partial charge in [0.1, 0.15) is 6.33 Å². The smallest absolute Gasteiger partial charge is 0.151 e. The van der Waals surface area contributed by atoms with Crippen LogP contribution in [0.1, 0.15) is 11.4 Å². The fourth-order valence-corrected chi connectivity index (χ4v) is 1.79. The fourth-order valence-electron chi connectivity index (χ4n) is 1.43. The van der Waals surface area contributed by atoms with E-state index in [2.05, 4.69) is 50.5 Å². The maximum atomic E-state index is 4.02. The molecule has 0 aliphatic carbocycles. The number of hydrogen-bond acceptors (Lipinski definition) is 3. The summed E-state index contributed by atoms with van der Waals surface area (Å²) >= 11 is 3.46. The van der Waals surface area contributed by atoms with Crippen LogP contribution in [0.5, 0.6) is 0 Å². The topological polar surface area (TPSA) is 42.7 Å². The lowest BCUT2D eigenvalue weighted by Crippen LogP contribution is -2.06. The summed E-state index contributed by atoms with van der Waals surface area (Å²) in [6, 6.07) is 6.16. The standard InChI is InChI=1S/C11H13BrN4/c1-8-3-4-9(12)5-10(8)13-6-11-15-14-7-16(11)2/h3-5,7,13H,6H2,1-2H3. The van der Waals surface area contributed by atoms with E-state index in [9.17, 15) is 0 Å². The van der Waals surface area contributed by atoms with Gasteiger partial charge in [0, 0.05) is 17.2 Å². The van der Waals surface area contributed by atoms with Crippen LogP contribution in [0, 0.1) is 6.92 Å². The molecule has 2 aromatic rings. The van der Waals surface area contributed by atoms with Gasteiger partial charge in [-0.2, -0.15) is 0 Å². The Morgan fingerprint density at radius 1 is 1.44 bits per heavy atom. The van der Waals surface area contributed by atoms with Crippen molar-refractivity contribution in [1.82, 2.24) is 14.8 Å². The van der Waals surface area contributed by atoms with Crippen molar-refractivity contribution in [3.8, 4) is 0 Å². The maximum Gasteiger partial charge on any atom is 0.151 e. The van der Waals surface area contributed by atoms with Gasteiger partial charge in [-0.05, 0) is 24.6 Å². The second kappa shape index (κ2) is 4.65. The first kappa shape index (κ1) is 11.1. The highest BCUT2D eigenvalue weighted by Crippen LogP contribution is 2.20. The van der Waals surface area contributed by atoms with E-state index >= 15 is 0 Å². The quantitative estimate of drug-likeness (QED) is 0.940. The van der Waals surface area contributed by atoms with Crippen LogP contribution in [0.3, 0.4) is 0 Å². The van der Waals surface area contributed by atoms with Crippen LogP contribution in [-0.4, -0.2) is 14.8 Å². The normalized spacial score (nSPS) is 10.4. The molecule has 84 valence electrons. The van der Waals surface area contributed by atoms with Gasteiger partial charge >= 0.3 is 0 Å². The summed E-state index contributed by atoms with van der Waals surface area (Å²) in [5.74, 6) is 0.916. The second-order valence-electron chi connectivity index (χ2n) is 3.67. The Bertz CT molecular complexity index is 492. The number of nitrogens with zero attached hydrogens (tertiary/aromatic N) is 3. The van der Waals surface area contributed by atoms with Gasteiger partial charge in [-0.15, -0.1) is 10.2 Å². The van der Waals surface area contributed by atoms with E-state index in [1.807, 2.05) is 17.7 Å². The molecular formula is C11H13BrN4. The average Bonchev–Trinajstić information content (AvgIpc) is 2.66. The summed E-state index contributed by atoms with van der Waals surface area (Å²) in [6.07, 6.45) is 1.70. The monoisotopic (exact) mass is 280 g/mol. The fraction of sp³-hybridized carbons (Fsp3) is 0.273. The average molecular weight is 281 g/mol. The van der Waals surface area contributed by atoms with Crippen molar-refractivity contribution in [3.63, 3.8) is 0 Å². The molecule has 5 heteroatoms. The molecule has 0 spiro atoms. The Kier molecular flexibility index (Phi) is 3.24. The lowest BCUT2D eigenvalue weighted by atomic mass is 10.2. The maximum absolute atomic E-state index is 4.02. The zero-order valence-corrected chi connectivity index (χ0v) is 10.8. The molecule has 0 unspecified atom stereocenters. The highest BCUT2D eigenvalue weighted by atomic mass is 79.9. The largest absolute Gasteiger partial charge is 0.377 e. The molecule has 0 atom stereocenters. The molecule has 2 rings (SSSR count). The van der Waals surface area contributed by atoms with Crippen molar-refractivity contribution in [2.24, 2.45) is 7.05 Å². The molecule has 0 amide bonds. The number of benzene rings is 1. The molecule has 1 heterocycles. The molecule has 0 aliphatic heterocycles. The number of aromatic nitrogens is 3. The highest BCUT2D eigenvalue weighted by molar-refractivity contribution is 9.10. The van der Waals surface area contributed by atoms with Gasteiger partial charge in [-0.3, -0.25) is 0 Å². The van der Waals surface area contributed by atoms with E-state index in [0.717, 1.165) is 16.0 Å². The molecule has 1 N–H and O–H groups in total. The summed E-state index contributed by atoms with van der Waals surface area (Å²) in [6.45, 7) is 2.75. The van der Waals surface area contributed by atoms with E-state index in [1.165, 1.54) is 5.56 Å². The predicted octanol–water partition coefficient (Wildman–Crippen LogP) is 2.50. The first-order chi connectivity index (χ1) is 7.66. The van der Waals surface area contributed by atoms with Gasteiger partial charge in [0.05, 0.1) is 6.54 Å². The van der Waals surface area contributed by atoms with Crippen LogP contribution in [0.25, 0.3) is 0 Å². The number of anilines is 1.